The van der Waals surface area contributed by atoms with Gasteiger partial charge in [-0.3, -0.25) is 9.89 Å². The molecule has 2 heterocycles. The van der Waals surface area contributed by atoms with Crippen molar-refractivity contribution < 1.29 is 18.0 Å². The van der Waals surface area contributed by atoms with E-state index in [1.165, 1.54) is 6.20 Å². The number of nitrogens with zero attached hydrogens (tertiary/aromatic N) is 1. The van der Waals surface area contributed by atoms with Gasteiger partial charge in [0.25, 0.3) is 0 Å². The number of aromatic nitrogens is 2. The van der Waals surface area contributed by atoms with Gasteiger partial charge >= 0.3 is 6.18 Å². The number of carbonyl (C=O) groups excluding carboxylic acids is 1. The fourth-order valence-electron chi connectivity index (χ4n) is 1.98. The third-order valence-corrected chi connectivity index (χ3v) is 3.13. The van der Waals surface area contributed by atoms with E-state index in [0.717, 1.165) is 0 Å². The Balaban J connectivity index is 2.05. The van der Waals surface area contributed by atoms with Crippen molar-refractivity contribution in [1.82, 2.24) is 20.8 Å². The van der Waals surface area contributed by atoms with Crippen LogP contribution in [-0.2, 0) is 11.3 Å². The number of aromatic amines is 1. The molecule has 1 fully saturated rings. The molecule has 0 saturated carbocycles. The molecule has 0 spiro atoms. The summed E-state index contributed by atoms with van der Waals surface area (Å²) in [5.74, 6) is -0.991. The van der Waals surface area contributed by atoms with Crippen LogP contribution >= 0.6 is 0 Å². The van der Waals surface area contributed by atoms with E-state index < -0.39 is 17.5 Å². The van der Waals surface area contributed by atoms with Crippen molar-refractivity contribution in [2.45, 2.75) is 19.1 Å². The maximum absolute atomic E-state index is 13.0. The van der Waals surface area contributed by atoms with Crippen LogP contribution in [0.15, 0.2) is 12.3 Å². The Morgan fingerprint density at radius 3 is 2.83 bits per heavy atom. The minimum Gasteiger partial charge on any atom is -0.350 e. The predicted octanol–water partition coefficient (Wildman–Crippen LogP) is 0.568. The van der Waals surface area contributed by atoms with Crippen molar-refractivity contribution in [2.24, 2.45) is 5.41 Å². The van der Waals surface area contributed by atoms with Gasteiger partial charge in [0.05, 0.1) is 12.2 Å². The van der Waals surface area contributed by atoms with E-state index in [9.17, 15) is 18.0 Å². The molecule has 18 heavy (non-hydrogen) atoms. The number of amides is 1. The number of H-pyrrole nitrogens is 1. The van der Waals surface area contributed by atoms with Crippen LogP contribution in [0.5, 0.6) is 0 Å². The van der Waals surface area contributed by atoms with E-state index in [-0.39, 0.29) is 26.1 Å². The third-order valence-electron chi connectivity index (χ3n) is 3.13. The van der Waals surface area contributed by atoms with Crippen LogP contribution in [0.25, 0.3) is 0 Å². The van der Waals surface area contributed by atoms with Crippen LogP contribution in [0.4, 0.5) is 13.2 Å². The number of alkyl halides is 3. The lowest BCUT2D eigenvalue weighted by Gasteiger charge is -2.29. The molecule has 1 aromatic rings. The van der Waals surface area contributed by atoms with Gasteiger partial charge in [-0.05, 0) is 19.0 Å². The maximum atomic E-state index is 13.0. The molecule has 0 bridgehead atoms. The van der Waals surface area contributed by atoms with Gasteiger partial charge in [0.1, 0.15) is 0 Å². The average molecular weight is 262 g/mol. The summed E-state index contributed by atoms with van der Waals surface area (Å²) < 4.78 is 39.0. The molecule has 1 aliphatic rings. The third kappa shape index (κ3) is 2.20. The van der Waals surface area contributed by atoms with Crippen LogP contribution in [-0.4, -0.2) is 35.4 Å². The van der Waals surface area contributed by atoms with Gasteiger partial charge in [-0.25, -0.2) is 0 Å². The lowest BCUT2D eigenvalue weighted by Crippen LogP contribution is -2.52. The van der Waals surface area contributed by atoms with E-state index in [2.05, 4.69) is 20.8 Å². The highest BCUT2D eigenvalue weighted by molar-refractivity contribution is 5.84. The van der Waals surface area contributed by atoms with Crippen LogP contribution in [0.2, 0.25) is 0 Å². The lowest BCUT2D eigenvalue weighted by atomic mass is 9.85. The largest absolute Gasteiger partial charge is 0.404 e. The van der Waals surface area contributed by atoms with Gasteiger partial charge in [-0.2, -0.15) is 18.3 Å². The molecule has 0 radical (unpaired) electrons. The second-order valence-corrected chi connectivity index (χ2v) is 4.27. The smallest absolute Gasteiger partial charge is 0.350 e. The summed E-state index contributed by atoms with van der Waals surface area (Å²) in [5, 5.41) is 11.1. The number of hydrogen-bond acceptors (Lipinski definition) is 3. The number of rotatable bonds is 3. The second-order valence-electron chi connectivity index (χ2n) is 4.27. The van der Waals surface area contributed by atoms with Gasteiger partial charge in [0.2, 0.25) is 5.91 Å². The van der Waals surface area contributed by atoms with Crippen molar-refractivity contribution in [1.29, 1.82) is 0 Å². The van der Waals surface area contributed by atoms with Crippen LogP contribution in [0.3, 0.4) is 0 Å². The van der Waals surface area contributed by atoms with Crippen LogP contribution < -0.4 is 10.6 Å². The molecule has 5 nitrogen and oxygen atoms in total. The molecule has 1 amide bonds. The molecule has 3 N–H and O–H groups in total. The number of nitrogens with one attached hydrogen (secondary N) is 3. The molecule has 2 rings (SSSR count). The SMILES string of the molecule is O=C(NCc1ccn[nH]1)C1(C(F)(F)F)CCNC1. The standard InChI is InChI=1S/C10H13F3N4O/c11-10(12,13)9(2-4-14-6-9)8(18)15-5-7-1-3-16-17-7/h1,3,14H,2,4-6H2,(H,15,18)(H,16,17). The first kappa shape index (κ1) is 12.9. The molecule has 1 saturated heterocycles. The zero-order valence-corrected chi connectivity index (χ0v) is 9.47. The first-order chi connectivity index (χ1) is 8.46. The minimum absolute atomic E-state index is 0.0106. The Bertz CT molecular complexity index is 409. The van der Waals surface area contributed by atoms with E-state index in [0.29, 0.717) is 5.69 Å². The summed E-state index contributed by atoms with van der Waals surface area (Å²) in [5.41, 5.74) is -1.75. The fourth-order valence-corrected chi connectivity index (χ4v) is 1.98. The van der Waals surface area contributed by atoms with Crippen LogP contribution in [0, 0.1) is 5.41 Å². The van der Waals surface area contributed by atoms with Gasteiger partial charge < -0.3 is 10.6 Å². The normalized spacial score (nSPS) is 24.2. The van der Waals surface area contributed by atoms with Crippen LogP contribution in [0.1, 0.15) is 12.1 Å². The zero-order chi connectivity index (χ0) is 13.2. The Kier molecular flexibility index (Phi) is 3.29. The molecular weight excluding hydrogens is 249 g/mol. The van der Waals surface area contributed by atoms with E-state index in [1.54, 1.807) is 6.07 Å². The molecule has 1 aromatic heterocycles. The highest BCUT2D eigenvalue weighted by Gasteiger charge is 2.61. The highest BCUT2D eigenvalue weighted by Crippen LogP contribution is 2.43. The van der Waals surface area contributed by atoms with Crippen molar-refractivity contribution >= 4 is 5.91 Å². The molecule has 1 unspecified atom stereocenters. The zero-order valence-electron chi connectivity index (χ0n) is 9.47. The monoisotopic (exact) mass is 262 g/mol. The number of halogens is 3. The molecule has 8 heteroatoms. The van der Waals surface area contributed by atoms with Gasteiger partial charge in [-0.15, -0.1) is 0 Å². The second kappa shape index (κ2) is 4.60. The summed E-state index contributed by atoms with van der Waals surface area (Å²) in [6, 6.07) is 1.59. The van der Waals surface area contributed by atoms with Gasteiger partial charge in [0.15, 0.2) is 5.41 Å². The van der Waals surface area contributed by atoms with Crippen molar-refractivity contribution in [3.63, 3.8) is 0 Å². The molecule has 1 atom stereocenters. The first-order valence-corrected chi connectivity index (χ1v) is 5.50. The Labute approximate surface area is 101 Å². The number of hydrogen-bond donors (Lipinski definition) is 3. The highest BCUT2D eigenvalue weighted by atomic mass is 19.4. The van der Waals surface area contributed by atoms with Gasteiger partial charge in [-0.1, -0.05) is 0 Å². The predicted molar refractivity (Wildman–Crippen MR) is 56.4 cm³/mol. The maximum Gasteiger partial charge on any atom is 0.404 e. The Morgan fingerprint density at radius 1 is 1.56 bits per heavy atom. The molecule has 0 aromatic carbocycles. The quantitative estimate of drug-likeness (QED) is 0.745. The fraction of sp³-hybridized carbons (Fsp3) is 0.600. The molecule has 100 valence electrons. The summed E-state index contributed by atoms with van der Waals surface area (Å²) in [6.45, 7) is -0.168. The summed E-state index contributed by atoms with van der Waals surface area (Å²) in [4.78, 5) is 11.8. The lowest BCUT2D eigenvalue weighted by molar-refractivity contribution is -0.216. The van der Waals surface area contributed by atoms with Crippen molar-refractivity contribution in [3.05, 3.63) is 18.0 Å². The average Bonchev–Trinajstić information content (AvgIpc) is 2.96. The number of carbonyl (C=O) groups is 1. The van der Waals surface area contributed by atoms with E-state index in [4.69, 9.17) is 0 Å². The minimum atomic E-state index is -4.55. The van der Waals surface area contributed by atoms with Crippen molar-refractivity contribution in [2.75, 3.05) is 13.1 Å². The van der Waals surface area contributed by atoms with E-state index in [1.807, 2.05) is 0 Å². The first-order valence-electron chi connectivity index (χ1n) is 5.50. The topological polar surface area (TPSA) is 69.8 Å². The molecular formula is C10H13F3N4O. The molecule has 1 aliphatic heterocycles. The summed E-state index contributed by atoms with van der Waals surface area (Å²) in [7, 11) is 0. The van der Waals surface area contributed by atoms with E-state index >= 15 is 0 Å². The Morgan fingerprint density at radius 2 is 2.33 bits per heavy atom. The molecule has 0 aliphatic carbocycles. The Hall–Kier alpha value is -1.57. The summed E-state index contributed by atoms with van der Waals surface area (Å²) >= 11 is 0. The van der Waals surface area contributed by atoms with Crippen molar-refractivity contribution in [3.8, 4) is 0 Å². The van der Waals surface area contributed by atoms with Gasteiger partial charge in [0, 0.05) is 12.7 Å². The summed E-state index contributed by atoms with van der Waals surface area (Å²) in [6.07, 6.45) is -3.31.